The molecule has 0 aromatic carbocycles. The van der Waals surface area contributed by atoms with Crippen LogP contribution in [0.15, 0.2) is 11.4 Å². The molecule has 0 radical (unpaired) electrons. The topological polar surface area (TPSA) is 58.6 Å². The number of hydrogen-bond donors (Lipinski definition) is 2. The molecule has 0 bridgehead atoms. The number of aliphatic hydroxyl groups is 1. The molecule has 0 aliphatic rings. The molecule has 1 atom stereocenters. The maximum absolute atomic E-state index is 12.2. The first-order valence-corrected chi connectivity index (χ1v) is 6.95. The molecule has 4 nitrogen and oxygen atoms in total. The van der Waals surface area contributed by atoms with Gasteiger partial charge in [-0.2, -0.15) is 0 Å². The van der Waals surface area contributed by atoms with E-state index in [1.54, 1.807) is 7.11 Å². The summed E-state index contributed by atoms with van der Waals surface area (Å²) < 4.78 is 5.06. The number of ether oxygens (including phenoxy) is 1. The molecule has 0 aliphatic heterocycles. The fourth-order valence-electron chi connectivity index (χ4n) is 1.75. The lowest BCUT2D eigenvalue weighted by atomic mass is 10.0. The Morgan fingerprint density at radius 3 is 2.83 bits per heavy atom. The van der Waals surface area contributed by atoms with Gasteiger partial charge in [-0.1, -0.05) is 13.8 Å². The Morgan fingerprint density at radius 2 is 2.28 bits per heavy atom. The number of hydrogen-bond acceptors (Lipinski definition) is 4. The highest BCUT2D eigenvalue weighted by atomic mass is 32.1. The molecule has 18 heavy (non-hydrogen) atoms. The summed E-state index contributed by atoms with van der Waals surface area (Å²) in [6.45, 7) is 4.59. The van der Waals surface area contributed by atoms with Crippen LogP contribution in [0.3, 0.4) is 0 Å². The van der Waals surface area contributed by atoms with Gasteiger partial charge in [-0.25, -0.2) is 0 Å². The van der Waals surface area contributed by atoms with Crippen molar-refractivity contribution in [2.75, 3.05) is 13.7 Å². The predicted octanol–water partition coefficient (Wildman–Crippen LogP) is 2.03. The maximum atomic E-state index is 12.2. The van der Waals surface area contributed by atoms with Crippen LogP contribution in [-0.2, 0) is 11.3 Å². The molecule has 1 heterocycles. The Balaban J connectivity index is 2.71. The second-order valence-corrected chi connectivity index (χ2v) is 5.46. The van der Waals surface area contributed by atoms with Crippen LogP contribution in [0.5, 0.6) is 0 Å². The Hall–Kier alpha value is -0.910. The number of amides is 1. The molecule has 0 spiro atoms. The van der Waals surface area contributed by atoms with Crippen molar-refractivity contribution in [2.24, 2.45) is 5.92 Å². The van der Waals surface area contributed by atoms with Crippen molar-refractivity contribution >= 4 is 17.2 Å². The number of carbonyl (C=O) groups is 1. The third-order valence-electron chi connectivity index (χ3n) is 2.81. The minimum Gasteiger partial charge on any atom is -0.396 e. The number of carbonyl (C=O) groups excluding carboxylic acids is 1. The molecule has 0 fully saturated rings. The highest BCUT2D eigenvalue weighted by Crippen LogP contribution is 2.18. The van der Waals surface area contributed by atoms with Gasteiger partial charge < -0.3 is 15.2 Å². The molecule has 1 aromatic heterocycles. The second-order valence-electron chi connectivity index (χ2n) is 4.54. The number of methoxy groups -OCH3 is 1. The summed E-state index contributed by atoms with van der Waals surface area (Å²) in [7, 11) is 1.61. The van der Waals surface area contributed by atoms with Crippen LogP contribution in [0.2, 0.25) is 0 Å². The van der Waals surface area contributed by atoms with E-state index in [9.17, 15) is 4.79 Å². The average molecular weight is 271 g/mol. The summed E-state index contributed by atoms with van der Waals surface area (Å²) in [6.07, 6.45) is 0.578. The first-order valence-electron chi connectivity index (χ1n) is 6.07. The normalized spacial score (nSPS) is 12.7. The van der Waals surface area contributed by atoms with Crippen LogP contribution >= 0.6 is 11.3 Å². The van der Waals surface area contributed by atoms with Crippen molar-refractivity contribution in [3.05, 3.63) is 21.9 Å². The molecule has 1 rings (SSSR count). The van der Waals surface area contributed by atoms with Crippen molar-refractivity contribution in [2.45, 2.75) is 32.9 Å². The van der Waals surface area contributed by atoms with Gasteiger partial charge in [0, 0.05) is 25.3 Å². The van der Waals surface area contributed by atoms with E-state index >= 15 is 0 Å². The molecule has 5 heteroatoms. The van der Waals surface area contributed by atoms with Gasteiger partial charge in [0.25, 0.3) is 5.91 Å². The van der Waals surface area contributed by atoms with E-state index in [0.29, 0.717) is 23.8 Å². The van der Waals surface area contributed by atoms with Crippen LogP contribution in [0.4, 0.5) is 0 Å². The van der Waals surface area contributed by atoms with Crippen molar-refractivity contribution in [3.8, 4) is 0 Å². The molecule has 2 N–H and O–H groups in total. The maximum Gasteiger partial charge on any atom is 0.261 e. The molecule has 1 amide bonds. The number of rotatable bonds is 7. The zero-order chi connectivity index (χ0) is 13.5. The van der Waals surface area contributed by atoms with E-state index in [-0.39, 0.29) is 18.6 Å². The average Bonchev–Trinajstić information content (AvgIpc) is 2.77. The Bertz CT molecular complexity index is 376. The smallest absolute Gasteiger partial charge is 0.261 e. The standard InChI is InChI=1S/C13H21NO3S/c1-9(2)11(4-6-15)14-13(16)12-10(8-17-3)5-7-18-12/h5,7,9,11,15H,4,6,8H2,1-3H3,(H,14,16). The Kier molecular flexibility index (Phi) is 6.32. The van der Waals surface area contributed by atoms with E-state index in [4.69, 9.17) is 9.84 Å². The highest BCUT2D eigenvalue weighted by molar-refractivity contribution is 7.12. The van der Waals surface area contributed by atoms with Gasteiger partial charge in [-0.3, -0.25) is 4.79 Å². The summed E-state index contributed by atoms with van der Waals surface area (Å²) in [5, 5.41) is 13.9. The first kappa shape index (κ1) is 15.1. The van der Waals surface area contributed by atoms with E-state index in [1.807, 2.05) is 25.3 Å². The lowest BCUT2D eigenvalue weighted by Crippen LogP contribution is -2.39. The lowest BCUT2D eigenvalue weighted by Gasteiger charge is -2.21. The van der Waals surface area contributed by atoms with Gasteiger partial charge in [0.2, 0.25) is 0 Å². The molecule has 102 valence electrons. The lowest BCUT2D eigenvalue weighted by molar-refractivity contribution is 0.0916. The molecule has 0 saturated carbocycles. The van der Waals surface area contributed by atoms with Gasteiger partial charge in [-0.05, 0) is 23.8 Å². The zero-order valence-electron chi connectivity index (χ0n) is 11.1. The van der Waals surface area contributed by atoms with Crippen molar-refractivity contribution < 1.29 is 14.6 Å². The minimum absolute atomic E-state index is 0.00000472. The quantitative estimate of drug-likeness (QED) is 0.798. The summed E-state index contributed by atoms with van der Waals surface area (Å²) in [6, 6.07) is 1.90. The van der Waals surface area contributed by atoms with E-state index in [2.05, 4.69) is 5.32 Å². The monoisotopic (exact) mass is 271 g/mol. The van der Waals surface area contributed by atoms with Crippen LogP contribution in [0.1, 0.15) is 35.5 Å². The Morgan fingerprint density at radius 1 is 1.56 bits per heavy atom. The van der Waals surface area contributed by atoms with E-state index in [0.717, 1.165) is 5.56 Å². The van der Waals surface area contributed by atoms with E-state index in [1.165, 1.54) is 11.3 Å². The Labute approximate surface area is 112 Å². The van der Waals surface area contributed by atoms with Gasteiger partial charge in [-0.15, -0.1) is 11.3 Å². The van der Waals surface area contributed by atoms with Gasteiger partial charge in [0.1, 0.15) is 0 Å². The summed E-state index contributed by atoms with van der Waals surface area (Å²) >= 11 is 1.41. The highest BCUT2D eigenvalue weighted by Gasteiger charge is 2.19. The first-order chi connectivity index (χ1) is 8.60. The number of aliphatic hydroxyl groups excluding tert-OH is 1. The zero-order valence-corrected chi connectivity index (χ0v) is 11.9. The number of thiophene rings is 1. The summed E-state index contributed by atoms with van der Waals surface area (Å²) in [5.74, 6) is 0.219. The predicted molar refractivity (Wildman–Crippen MR) is 72.8 cm³/mol. The summed E-state index contributed by atoms with van der Waals surface area (Å²) in [5.41, 5.74) is 0.909. The van der Waals surface area contributed by atoms with Crippen molar-refractivity contribution in [1.29, 1.82) is 0 Å². The summed E-state index contributed by atoms with van der Waals surface area (Å²) in [4.78, 5) is 12.8. The second kappa shape index (κ2) is 7.51. The van der Waals surface area contributed by atoms with Crippen LogP contribution in [0.25, 0.3) is 0 Å². The van der Waals surface area contributed by atoms with Crippen molar-refractivity contribution in [3.63, 3.8) is 0 Å². The fourth-order valence-corrected chi connectivity index (χ4v) is 2.56. The van der Waals surface area contributed by atoms with Gasteiger partial charge in [0.15, 0.2) is 0 Å². The third-order valence-corrected chi connectivity index (χ3v) is 3.77. The fraction of sp³-hybridized carbons (Fsp3) is 0.615. The van der Waals surface area contributed by atoms with Crippen LogP contribution < -0.4 is 5.32 Å². The molecular weight excluding hydrogens is 250 g/mol. The number of nitrogens with one attached hydrogen (secondary N) is 1. The largest absolute Gasteiger partial charge is 0.396 e. The molecule has 0 aliphatic carbocycles. The van der Waals surface area contributed by atoms with Gasteiger partial charge in [0.05, 0.1) is 11.5 Å². The SMILES string of the molecule is COCc1ccsc1C(=O)NC(CCO)C(C)C. The van der Waals surface area contributed by atoms with Crippen molar-refractivity contribution in [1.82, 2.24) is 5.32 Å². The molecule has 0 saturated heterocycles. The van der Waals surface area contributed by atoms with Crippen LogP contribution in [0, 0.1) is 5.92 Å². The minimum atomic E-state index is -0.0794. The van der Waals surface area contributed by atoms with Gasteiger partial charge >= 0.3 is 0 Å². The molecule has 1 aromatic rings. The van der Waals surface area contributed by atoms with E-state index < -0.39 is 0 Å². The molecule has 1 unspecified atom stereocenters. The molecular formula is C13H21NO3S. The van der Waals surface area contributed by atoms with Crippen LogP contribution in [-0.4, -0.2) is 30.8 Å². The third kappa shape index (κ3) is 4.08.